The van der Waals surface area contributed by atoms with Gasteiger partial charge in [0.2, 0.25) is 0 Å². The lowest BCUT2D eigenvalue weighted by atomic mass is 10.1. The molecule has 1 N–H and O–H groups in total. The number of pyridine rings is 1. The Labute approximate surface area is 123 Å². The Hall–Kier alpha value is -2.18. The fourth-order valence-electron chi connectivity index (χ4n) is 2.23. The van der Waals surface area contributed by atoms with E-state index in [-0.39, 0.29) is 23.2 Å². The monoisotopic (exact) mass is 292 g/mol. The van der Waals surface area contributed by atoms with Gasteiger partial charge in [-0.1, -0.05) is 13.8 Å². The first-order chi connectivity index (χ1) is 9.93. The average molecular weight is 292 g/mol. The van der Waals surface area contributed by atoms with Crippen LogP contribution in [0.15, 0.2) is 12.3 Å². The zero-order valence-corrected chi connectivity index (χ0v) is 12.5. The van der Waals surface area contributed by atoms with Crippen LogP contribution in [0.4, 0.5) is 11.5 Å². The van der Waals surface area contributed by atoms with Crippen molar-refractivity contribution in [2.24, 2.45) is 5.92 Å². The van der Waals surface area contributed by atoms with Crippen LogP contribution in [0.5, 0.6) is 0 Å². The summed E-state index contributed by atoms with van der Waals surface area (Å²) in [6.07, 6.45) is 3.08. The predicted octanol–water partition coefficient (Wildman–Crippen LogP) is 2.29. The third kappa shape index (κ3) is 3.48. The van der Waals surface area contributed by atoms with E-state index in [9.17, 15) is 14.9 Å². The van der Waals surface area contributed by atoms with Gasteiger partial charge in [-0.05, 0) is 18.8 Å². The zero-order valence-electron chi connectivity index (χ0n) is 12.5. The molecule has 1 aliphatic carbocycles. The highest BCUT2D eigenvalue weighted by atomic mass is 16.6. The summed E-state index contributed by atoms with van der Waals surface area (Å²) in [6.45, 7) is 4.67. The average Bonchev–Trinajstić information content (AvgIpc) is 3.27. The molecule has 1 aliphatic rings. The first kappa shape index (κ1) is 15.2. The van der Waals surface area contributed by atoms with E-state index in [0.29, 0.717) is 18.3 Å². The third-order valence-corrected chi connectivity index (χ3v) is 3.38. The summed E-state index contributed by atoms with van der Waals surface area (Å²) in [5, 5.41) is 13.9. The maximum absolute atomic E-state index is 12.7. The summed E-state index contributed by atoms with van der Waals surface area (Å²) in [6, 6.07) is 1.67. The van der Waals surface area contributed by atoms with E-state index in [1.807, 2.05) is 13.8 Å². The SMILES string of the molecule is CNc1cc(C(=O)N(CC(C)C)C2CC2)c([N+](=O)[O-])cn1. The van der Waals surface area contributed by atoms with Gasteiger partial charge in [-0.3, -0.25) is 14.9 Å². The molecule has 0 spiro atoms. The summed E-state index contributed by atoms with van der Waals surface area (Å²) in [5.74, 6) is 0.486. The number of amides is 1. The molecule has 114 valence electrons. The highest BCUT2D eigenvalue weighted by molar-refractivity contribution is 5.99. The van der Waals surface area contributed by atoms with Crippen molar-refractivity contribution < 1.29 is 9.72 Å². The van der Waals surface area contributed by atoms with Crippen molar-refractivity contribution in [3.05, 3.63) is 27.9 Å². The molecule has 7 heteroatoms. The fourth-order valence-corrected chi connectivity index (χ4v) is 2.23. The maximum Gasteiger partial charge on any atom is 0.300 e. The second-order valence-electron chi connectivity index (χ2n) is 5.68. The molecule has 0 aromatic carbocycles. The highest BCUT2D eigenvalue weighted by Crippen LogP contribution is 2.31. The Kier molecular flexibility index (Phi) is 4.40. The molecule has 0 bridgehead atoms. The molecule has 2 rings (SSSR count). The molecule has 7 nitrogen and oxygen atoms in total. The van der Waals surface area contributed by atoms with Crippen molar-refractivity contribution in [1.82, 2.24) is 9.88 Å². The molecule has 1 saturated carbocycles. The lowest BCUT2D eigenvalue weighted by molar-refractivity contribution is -0.385. The number of carbonyl (C=O) groups excluding carboxylic acids is 1. The van der Waals surface area contributed by atoms with E-state index in [4.69, 9.17) is 0 Å². The van der Waals surface area contributed by atoms with Crippen LogP contribution in [0.1, 0.15) is 37.0 Å². The van der Waals surface area contributed by atoms with Crippen LogP contribution < -0.4 is 5.32 Å². The van der Waals surface area contributed by atoms with Crippen LogP contribution in [-0.4, -0.2) is 40.3 Å². The van der Waals surface area contributed by atoms with Crippen LogP contribution in [0.3, 0.4) is 0 Å². The number of aromatic nitrogens is 1. The smallest absolute Gasteiger partial charge is 0.300 e. The quantitative estimate of drug-likeness (QED) is 0.642. The standard InChI is InChI=1S/C14H20N4O3/c1-9(2)8-17(10-4-5-10)14(19)11-6-13(15-3)16-7-12(11)18(20)21/h6-7,9-10H,4-5,8H2,1-3H3,(H,15,16). The summed E-state index contributed by atoms with van der Waals surface area (Å²) in [7, 11) is 1.66. The van der Waals surface area contributed by atoms with Gasteiger partial charge in [-0.2, -0.15) is 0 Å². The van der Waals surface area contributed by atoms with E-state index in [1.165, 1.54) is 6.07 Å². The Bertz CT molecular complexity index is 555. The summed E-state index contributed by atoms with van der Waals surface area (Å²) in [4.78, 5) is 29.0. The number of nitrogens with zero attached hydrogens (tertiary/aromatic N) is 3. The molecule has 0 unspecified atom stereocenters. The lowest BCUT2D eigenvalue weighted by Crippen LogP contribution is -2.36. The van der Waals surface area contributed by atoms with Crippen molar-refractivity contribution in [2.45, 2.75) is 32.7 Å². The minimum atomic E-state index is -0.555. The Morgan fingerprint density at radius 1 is 1.57 bits per heavy atom. The second kappa shape index (κ2) is 6.07. The number of carbonyl (C=O) groups is 1. The first-order valence-corrected chi connectivity index (χ1v) is 7.07. The van der Waals surface area contributed by atoms with E-state index < -0.39 is 4.92 Å². The molecule has 1 aromatic rings. The van der Waals surface area contributed by atoms with Gasteiger partial charge in [0.15, 0.2) is 0 Å². The second-order valence-corrected chi connectivity index (χ2v) is 5.68. The number of rotatable bonds is 6. The molecule has 1 amide bonds. The fraction of sp³-hybridized carbons (Fsp3) is 0.571. The van der Waals surface area contributed by atoms with Gasteiger partial charge in [0.05, 0.1) is 4.92 Å². The summed E-state index contributed by atoms with van der Waals surface area (Å²) >= 11 is 0. The van der Waals surface area contributed by atoms with Crippen molar-refractivity contribution in [3.63, 3.8) is 0 Å². The molecular formula is C14H20N4O3. The molecule has 1 heterocycles. The Morgan fingerprint density at radius 3 is 2.71 bits per heavy atom. The number of nitro groups is 1. The number of hydrogen-bond acceptors (Lipinski definition) is 5. The van der Waals surface area contributed by atoms with E-state index >= 15 is 0 Å². The van der Waals surface area contributed by atoms with Crippen molar-refractivity contribution in [1.29, 1.82) is 0 Å². The van der Waals surface area contributed by atoms with Gasteiger partial charge >= 0.3 is 0 Å². The first-order valence-electron chi connectivity index (χ1n) is 7.07. The normalized spacial score (nSPS) is 14.1. The van der Waals surface area contributed by atoms with Gasteiger partial charge in [0, 0.05) is 25.7 Å². The molecule has 21 heavy (non-hydrogen) atoms. The molecule has 0 radical (unpaired) electrons. The summed E-state index contributed by atoms with van der Waals surface area (Å²) in [5.41, 5.74) is -0.139. The van der Waals surface area contributed by atoms with E-state index in [1.54, 1.807) is 11.9 Å². The largest absolute Gasteiger partial charge is 0.373 e. The van der Waals surface area contributed by atoms with Crippen LogP contribution in [0, 0.1) is 16.0 Å². The van der Waals surface area contributed by atoms with Crippen LogP contribution in [-0.2, 0) is 0 Å². The minimum Gasteiger partial charge on any atom is -0.373 e. The molecule has 0 saturated heterocycles. The number of anilines is 1. The lowest BCUT2D eigenvalue weighted by Gasteiger charge is -2.24. The van der Waals surface area contributed by atoms with E-state index in [2.05, 4.69) is 10.3 Å². The van der Waals surface area contributed by atoms with Crippen molar-refractivity contribution in [3.8, 4) is 0 Å². The van der Waals surface area contributed by atoms with Crippen LogP contribution in [0.25, 0.3) is 0 Å². The van der Waals surface area contributed by atoms with Gasteiger partial charge in [0.25, 0.3) is 11.6 Å². The highest BCUT2D eigenvalue weighted by Gasteiger charge is 2.36. The molecular weight excluding hydrogens is 272 g/mol. The predicted molar refractivity (Wildman–Crippen MR) is 79.3 cm³/mol. The zero-order chi connectivity index (χ0) is 15.6. The van der Waals surface area contributed by atoms with Gasteiger partial charge < -0.3 is 10.2 Å². The van der Waals surface area contributed by atoms with Crippen LogP contribution in [0.2, 0.25) is 0 Å². The summed E-state index contributed by atoms with van der Waals surface area (Å²) < 4.78 is 0. The van der Waals surface area contributed by atoms with Crippen LogP contribution >= 0.6 is 0 Å². The molecule has 1 fully saturated rings. The Balaban J connectivity index is 2.37. The number of hydrogen-bond donors (Lipinski definition) is 1. The van der Waals surface area contributed by atoms with Gasteiger partial charge in [-0.25, -0.2) is 4.98 Å². The van der Waals surface area contributed by atoms with Crippen molar-refractivity contribution >= 4 is 17.4 Å². The van der Waals surface area contributed by atoms with E-state index in [0.717, 1.165) is 19.0 Å². The Morgan fingerprint density at radius 2 is 2.24 bits per heavy atom. The molecule has 1 aromatic heterocycles. The topological polar surface area (TPSA) is 88.4 Å². The molecule has 0 atom stereocenters. The number of nitrogens with one attached hydrogen (secondary N) is 1. The molecule has 0 aliphatic heterocycles. The third-order valence-electron chi connectivity index (χ3n) is 3.38. The van der Waals surface area contributed by atoms with Crippen molar-refractivity contribution in [2.75, 3.05) is 18.9 Å². The van der Waals surface area contributed by atoms with Gasteiger partial charge in [0.1, 0.15) is 17.6 Å². The maximum atomic E-state index is 12.7. The van der Waals surface area contributed by atoms with Gasteiger partial charge in [-0.15, -0.1) is 0 Å². The minimum absolute atomic E-state index is 0.104.